The second kappa shape index (κ2) is 12.1. The molecule has 1 saturated carbocycles. The van der Waals surface area contributed by atoms with E-state index < -0.39 is 6.04 Å². The summed E-state index contributed by atoms with van der Waals surface area (Å²) < 4.78 is 0. The van der Waals surface area contributed by atoms with E-state index >= 15 is 0 Å². The van der Waals surface area contributed by atoms with Crippen LogP contribution in [0.1, 0.15) is 69.1 Å². The maximum absolute atomic E-state index is 13.3. The lowest BCUT2D eigenvalue weighted by Crippen LogP contribution is -2.50. The zero-order valence-electron chi connectivity index (χ0n) is 19.3. The van der Waals surface area contributed by atoms with Crippen molar-refractivity contribution in [1.29, 1.82) is 0 Å². The highest BCUT2D eigenvalue weighted by Gasteiger charge is 2.28. The molecule has 1 aliphatic carbocycles. The van der Waals surface area contributed by atoms with Crippen LogP contribution in [0.4, 0.5) is 0 Å². The third kappa shape index (κ3) is 6.83. The lowest BCUT2D eigenvalue weighted by atomic mass is 9.95. The molecule has 1 N–H and O–H groups in total. The number of hydrogen-bond donors (Lipinski definition) is 1. The number of hydrogen-bond acceptors (Lipinski definition) is 2. The Morgan fingerprint density at radius 2 is 1.69 bits per heavy atom. The number of carbonyl (C=O) groups excluding carboxylic acids is 2. The highest BCUT2D eigenvalue weighted by Crippen LogP contribution is 2.21. The maximum Gasteiger partial charge on any atom is 0.242 e. The van der Waals surface area contributed by atoms with Gasteiger partial charge in [-0.05, 0) is 55.4 Å². The largest absolute Gasteiger partial charge is 0.352 e. The minimum Gasteiger partial charge on any atom is -0.352 e. The Morgan fingerprint density at radius 3 is 2.34 bits per heavy atom. The number of rotatable bonds is 9. The van der Waals surface area contributed by atoms with E-state index in [1.165, 1.54) is 12.0 Å². The van der Waals surface area contributed by atoms with Crippen molar-refractivity contribution in [3.05, 3.63) is 70.2 Å². The van der Waals surface area contributed by atoms with E-state index in [2.05, 4.69) is 36.5 Å². The average Bonchev–Trinajstić information content (AvgIpc) is 2.82. The summed E-state index contributed by atoms with van der Waals surface area (Å²) in [5, 5.41) is 3.79. The van der Waals surface area contributed by atoms with E-state index in [9.17, 15) is 9.59 Å². The average molecular weight is 455 g/mol. The van der Waals surface area contributed by atoms with E-state index in [1.807, 2.05) is 31.2 Å². The summed E-state index contributed by atoms with van der Waals surface area (Å²) in [4.78, 5) is 28.0. The number of carbonyl (C=O) groups is 2. The first-order valence-electron chi connectivity index (χ1n) is 11.9. The molecule has 0 heterocycles. The van der Waals surface area contributed by atoms with Crippen LogP contribution in [0.25, 0.3) is 0 Å². The molecule has 0 saturated heterocycles. The van der Waals surface area contributed by atoms with Gasteiger partial charge in [0.05, 0.1) is 0 Å². The Morgan fingerprint density at radius 1 is 1.03 bits per heavy atom. The Hall–Kier alpha value is -2.33. The maximum atomic E-state index is 13.3. The first kappa shape index (κ1) is 24.3. The van der Waals surface area contributed by atoms with Gasteiger partial charge in [0.15, 0.2) is 0 Å². The minimum atomic E-state index is -0.553. The molecule has 1 aliphatic rings. The minimum absolute atomic E-state index is 0.0317. The van der Waals surface area contributed by atoms with Gasteiger partial charge in [0.25, 0.3) is 0 Å². The zero-order valence-corrected chi connectivity index (χ0v) is 20.0. The molecule has 32 heavy (non-hydrogen) atoms. The summed E-state index contributed by atoms with van der Waals surface area (Å²) in [5.74, 6) is -0.111. The number of halogens is 1. The molecule has 0 spiro atoms. The van der Waals surface area contributed by atoms with Gasteiger partial charge < -0.3 is 10.2 Å². The molecule has 1 atom stereocenters. The van der Waals surface area contributed by atoms with Crippen molar-refractivity contribution >= 4 is 23.4 Å². The second-order valence-electron chi connectivity index (χ2n) is 8.80. The molecule has 0 unspecified atom stereocenters. The predicted molar refractivity (Wildman–Crippen MR) is 131 cm³/mol. The molecule has 2 aromatic rings. The van der Waals surface area contributed by atoms with Crippen molar-refractivity contribution in [2.24, 2.45) is 0 Å². The monoisotopic (exact) mass is 454 g/mol. The molecule has 3 rings (SSSR count). The van der Waals surface area contributed by atoms with Crippen molar-refractivity contribution in [1.82, 2.24) is 10.2 Å². The third-order valence-corrected chi connectivity index (χ3v) is 6.84. The summed E-state index contributed by atoms with van der Waals surface area (Å²) in [6.45, 7) is 4.28. The molecule has 1 fully saturated rings. The third-order valence-electron chi connectivity index (χ3n) is 6.48. The Kier molecular flexibility index (Phi) is 9.16. The van der Waals surface area contributed by atoms with Gasteiger partial charge in [-0.1, -0.05) is 80.3 Å². The van der Waals surface area contributed by atoms with Crippen molar-refractivity contribution < 1.29 is 9.59 Å². The number of nitrogens with zero attached hydrogens (tertiary/aromatic N) is 1. The molecule has 172 valence electrons. The predicted octanol–water partition coefficient (Wildman–Crippen LogP) is 5.70. The van der Waals surface area contributed by atoms with E-state index in [1.54, 1.807) is 4.90 Å². The first-order valence-corrected chi connectivity index (χ1v) is 12.3. The van der Waals surface area contributed by atoms with Crippen molar-refractivity contribution in [3.63, 3.8) is 0 Å². The van der Waals surface area contributed by atoms with E-state index in [-0.39, 0.29) is 17.9 Å². The number of benzene rings is 2. The smallest absolute Gasteiger partial charge is 0.242 e. The molecule has 0 aliphatic heterocycles. The van der Waals surface area contributed by atoms with Crippen LogP contribution in [0.5, 0.6) is 0 Å². The fourth-order valence-electron chi connectivity index (χ4n) is 4.30. The van der Waals surface area contributed by atoms with Gasteiger partial charge in [-0.2, -0.15) is 0 Å². The van der Waals surface area contributed by atoms with E-state index in [0.29, 0.717) is 24.4 Å². The van der Waals surface area contributed by atoms with Crippen LogP contribution in [0, 0.1) is 0 Å². The fraction of sp³-hybridized carbons (Fsp3) is 0.481. The molecule has 0 bridgehead atoms. The molecule has 5 heteroatoms. The molecule has 2 amide bonds. The quantitative estimate of drug-likeness (QED) is 0.528. The van der Waals surface area contributed by atoms with Crippen LogP contribution in [0.15, 0.2) is 48.5 Å². The SMILES string of the molecule is CCc1ccc(CCC(=O)N(Cc2ccccc2Cl)[C@@H](C)C(=O)NC2CCCCC2)cc1. The summed E-state index contributed by atoms with van der Waals surface area (Å²) in [5.41, 5.74) is 3.27. The molecule has 0 aromatic heterocycles. The fourth-order valence-corrected chi connectivity index (χ4v) is 4.49. The van der Waals surface area contributed by atoms with Crippen LogP contribution >= 0.6 is 11.6 Å². The van der Waals surface area contributed by atoms with E-state index in [0.717, 1.165) is 43.2 Å². The van der Waals surface area contributed by atoms with Crippen LogP contribution in [0.2, 0.25) is 5.02 Å². The van der Waals surface area contributed by atoms with Crippen molar-refractivity contribution in [2.75, 3.05) is 0 Å². The lowest BCUT2D eigenvalue weighted by molar-refractivity contribution is -0.141. The number of amides is 2. The topological polar surface area (TPSA) is 49.4 Å². The summed E-state index contributed by atoms with van der Waals surface area (Å²) in [6, 6.07) is 15.6. The van der Waals surface area contributed by atoms with E-state index in [4.69, 9.17) is 11.6 Å². The Labute approximate surface area is 197 Å². The van der Waals surface area contributed by atoms with Crippen molar-refractivity contribution in [3.8, 4) is 0 Å². The molecule has 4 nitrogen and oxygen atoms in total. The number of nitrogens with one attached hydrogen (secondary N) is 1. The van der Waals surface area contributed by atoms with Gasteiger partial charge in [-0.15, -0.1) is 0 Å². The van der Waals surface area contributed by atoms with Crippen molar-refractivity contribution in [2.45, 2.75) is 83.8 Å². The Balaban J connectivity index is 1.70. The zero-order chi connectivity index (χ0) is 22.9. The van der Waals surface area contributed by atoms with Crippen LogP contribution in [-0.2, 0) is 29.0 Å². The summed E-state index contributed by atoms with van der Waals surface area (Å²) >= 11 is 6.38. The van der Waals surface area contributed by atoms with Crippen LogP contribution in [0.3, 0.4) is 0 Å². The summed E-state index contributed by atoms with van der Waals surface area (Å²) in [7, 11) is 0. The highest BCUT2D eigenvalue weighted by molar-refractivity contribution is 6.31. The van der Waals surface area contributed by atoms with Crippen LogP contribution in [-0.4, -0.2) is 28.8 Å². The van der Waals surface area contributed by atoms with Crippen LogP contribution < -0.4 is 5.32 Å². The summed E-state index contributed by atoms with van der Waals surface area (Å²) in [6.07, 6.45) is 7.58. The normalized spacial score (nSPS) is 15.2. The van der Waals surface area contributed by atoms with Gasteiger partial charge in [0.2, 0.25) is 11.8 Å². The lowest BCUT2D eigenvalue weighted by Gasteiger charge is -2.31. The Bertz CT molecular complexity index is 891. The van der Waals surface area contributed by atoms with Gasteiger partial charge in [-0.3, -0.25) is 9.59 Å². The molecule has 2 aromatic carbocycles. The number of aryl methyl sites for hydroxylation is 2. The van der Waals surface area contributed by atoms with Gasteiger partial charge in [0.1, 0.15) is 6.04 Å². The second-order valence-corrected chi connectivity index (χ2v) is 9.21. The van der Waals surface area contributed by atoms with Gasteiger partial charge >= 0.3 is 0 Å². The molecular formula is C27H35ClN2O2. The van der Waals surface area contributed by atoms with Gasteiger partial charge in [0, 0.05) is 24.0 Å². The standard InChI is InChI=1S/C27H35ClN2O2/c1-3-21-13-15-22(16-14-21)17-18-26(31)30(19-23-9-7-8-12-25(23)28)20(2)27(32)29-24-10-5-4-6-11-24/h7-9,12-16,20,24H,3-6,10-11,17-19H2,1-2H3,(H,29,32)/t20-/m0/s1. The first-order chi connectivity index (χ1) is 15.5. The highest BCUT2D eigenvalue weighted by atomic mass is 35.5. The molecular weight excluding hydrogens is 420 g/mol. The molecule has 0 radical (unpaired) electrons. The van der Waals surface area contributed by atoms with Gasteiger partial charge in [-0.25, -0.2) is 0 Å².